The van der Waals surface area contributed by atoms with Crippen LogP contribution < -0.4 is 10.9 Å². The molecule has 3 N–H and O–H groups in total. The maximum Gasteiger partial charge on any atom is 0.423 e. The third-order valence-electron chi connectivity index (χ3n) is 1.56. The number of nitrogens with one attached hydrogen (secondary N) is 2. The van der Waals surface area contributed by atoms with Crippen LogP contribution in [0.15, 0.2) is 28.7 Å². The lowest BCUT2D eigenvalue weighted by Crippen LogP contribution is -2.41. The van der Waals surface area contributed by atoms with Crippen LogP contribution in [0.4, 0.5) is 4.79 Å². The number of rotatable bonds is 2. The first-order valence-electron chi connectivity index (χ1n) is 4.10. The minimum Gasteiger partial charge on any atom is -0.464 e. The van der Waals surface area contributed by atoms with Crippen molar-refractivity contribution in [1.82, 2.24) is 10.9 Å². The molecule has 15 heavy (non-hydrogen) atoms. The first-order chi connectivity index (χ1) is 7.08. The minimum absolute atomic E-state index is 0.125. The van der Waals surface area contributed by atoms with E-state index in [4.69, 9.17) is 5.11 Å². The van der Waals surface area contributed by atoms with E-state index in [1.54, 1.807) is 23.6 Å². The van der Waals surface area contributed by atoms with Gasteiger partial charge in [-0.1, -0.05) is 28.1 Å². The van der Waals surface area contributed by atoms with Gasteiger partial charge in [0.2, 0.25) is 5.91 Å². The van der Waals surface area contributed by atoms with Gasteiger partial charge in [0, 0.05) is 4.47 Å². The van der Waals surface area contributed by atoms with E-state index in [0.717, 1.165) is 10.0 Å². The second-order valence-electron chi connectivity index (χ2n) is 2.79. The standard InChI is InChI=1S/C9H9BrN2O3/c10-7-3-1-2-6(4-7)5-8(13)11-12-9(14)15/h1-4,12H,5H2,(H,11,13)(H,14,15). The molecule has 0 saturated heterocycles. The van der Waals surface area contributed by atoms with Crippen LogP contribution in [0, 0.1) is 0 Å². The molecular formula is C9H9BrN2O3. The van der Waals surface area contributed by atoms with Crippen LogP contribution in [-0.2, 0) is 11.2 Å². The Morgan fingerprint density at radius 2 is 2.07 bits per heavy atom. The molecule has 0 radical (unpaired) electrons. The van der Waals surface area contributed by atoms with E-state index < -0.39 is 12.0 Å². The van der Waals surface area contributed by atoms with Gasteiger partial charge in [0.05, 0.1) is 6.42 Å². The van der Waals surface area contributed by atoms with Gasteiger partial charge in [0.25, 0.3) is 0 Å². The van der Waals surface area contributed by atoms with Crippen molar-refractivity contribution in [2.45, 2.75) is 6.42 Å². The molecule has 0 heterocycles. The smallest absolute Gasteiger partial charge is 0.423 e. The summed E-state index contributed by atoms with van der Waals surface area (Å²) < 4.78 is 0.874. The molecule has 0 aromatic heterocycles. The molecule has 1 aromatic rings. The zero-order valence-corrected chi connectivity index (χ0v) is 9.24. The van der Waals surface area contributed by atoms with Gasteiger partial charge < -0.3 is 5.11 Å². The SMILES string of the molecule is O=C(O)NNC(=O)Cc1cccc(Br)c1. The second-order valence-corrected chi connectivity index (χ2v) is 3.70. The highest BCUT2D eigenvalue weighted by atomic mass is 79.9. The molecule has 0 fully saturated rings. The van der Waals surface area contributed by atoms with E-state index >= 15 is 0 Å². The molecule has 0 spiro atoms. The van der Waals surface area contributed by atoms with Gasteiger partial charge in [-0.05, 0) is 17.7 Å². The van der Waals surface area contributed by atoms with Crippen molar-refractivity contribution < 1.29 is 14.7 Å². The normalized spacial score (nSPS) is 9.40. The summed E-state index contributed by atoms with van der Waals surface area (Å²) in [6, 6.07) is 7.22. The summed E-state index contributed by atoms with van der Waals surface area (Å²) in [4.78, 5) is 21.3. The summed E-state index contributed by atoms with van der Waals surface area (Å²) in [5, 5.41) is 8.24. The van der Waals surface area contributed by atoms with Crippen molar-refractivity contribution in [3.05, 3.63) is 34.3 Å². The predicted molar refractivity (Wildman–Crippen MR) is 57.1 cm³/mol. The average Bonchev–Trinajstić information content (AvgIpc) is 2.15. The summed E-state index contributed by atoms with van der Waals surface area (Å²) in [6.45, 7) is 0. The fraction of sp³-hybridized carbons (Fsp3) is 0.111. The minimum atomic E-state index is -1.29. The molecule has 0 aliphatic rings. The Bertz CT molecular complexity index is 381. The Hall–Kier alpha value is -1.56. The number of hydrogen-bond acceptors (Lipinski definition) is 2. The Balaban J connectivity index is 2.48. The summed E-state index contributed by atoms with van der Waals surface area (Å²) in [6.07, 6.45) is -1.17. The Morgan fingerprint density at radius 1 is 1.33 bits per heavy atom. The van der Waals surface area contributed by atoms with E-state index in [-0.39, 0.29) is 6.42 Å². The van der Waals surface area contributed by atoms with Crippen LogP contribution in [0.3, 0.4) is 0 Å². The number of benzene rings is 1. The van der Waals surface area contributed by atoms with Crippen molar-refractivity contribution in [2.24, 2.45) is 0 Å². The lowest BCUT2D eigenvalue weighted by atomic mass is 10.1. The number of hydrazine groups is 1. The molecule has 6 heteroatoms. The summed E-state index contributed by atoms with van der Waals surface area (Å²) >= 11 is 3.27. The highest BCUT2D eigenvalue weighted by Crippen LogP contribution is 2.11. The van der Waals surface area contributed by atoms with Crippen molar-refractivity contribution >= 4 is 27.9 Å². The number of carboxylic acid groups (broad SMARTS) is 1. The van der Waals surface area contributed by atoms with Gasteiger partial charge in [0.15, 0.2) is 0 Å². The van der Waals surface area contributed by atoms with Crippen molar-refractivity contribution in [3.8, 4) is 0 Å². The van der Waals surface area contributed by atoms with Crippen molar-refractivity contribution in [2.75, 3.05) is 0 Å². The van der Waals surface area contributed by atoms with Crippen LogP contribution in [0.25, 0.3) is 0 Å². The largest absolute Gasteiger partial charge is 0.464 e. The van der Waals surface area contributed by atoms with Gasteiger partial charge in [-0.3, -0.25) is 10.2 Å². The molecule has 1 aromatic carbocycles. The second kappa shape index (κ2) is 5.35. The summed E-state index contributed by atoms with van der Waals surface area (Å²) in [5.41, 5.74) is 4.63. The molecule has 0 aliphatic heterocycles. The molecule has 1 rings (SSSR count). The van der Waals surface area contributed by atoms with E-state index in [0.29, 0.717) is 0 Å². The molecule has 0 aliphatic carbocycles. The van der Waals surface area contributed by atoms with Gasteiger partial charge in [-0.2, -0.15) is 0 Å². The highest BCUT2D eigenvalue weighted by Gasteiger charge is 2.04. The number of carbonyl (C=O) groups is 2. The Labute approximate surface area is 94.6 Å². The third kappa shape index (κ3) is 4.46. The van der Waals surface area contributed by atoms with E-state index in [1.165, 1.54) is 0 Å². The topological polar surface area (TPSA) is 78.4 Å². The molecule has 0 bridgehead atoms. The van der Waals surface area contributed by atoms with Gasteiger partial charge in [0.1, 0.15) is 0 Å². The van der Waals surface area contributed by atoms with Crippen LogP contribution in [0.2, 0.25) is 0 Å². The molecule has 0 saturated carbocycles. The zero-order valence-electron chi connectivity index (χ0n) is 7.66. The van der Waals surface area contributed by atoms with E-state index in [1.807, 2.05) is 11.5 Å². The van der Waals surface area contributed by atoms with Crippen LogP contribution in [-0.4, -0.2) is 17.1 Å². The average molecular weight is 273 g/mol. The van der Waals surface area contributed by atoms with E-state index in [9.17, 15) is 9.59 Å². The number of carbonyl (C=O) groups excluding carboxylic acids is 1. The monoisotopic (exact) mass is 272 g/mol. The fourth-order valence-electron chi connectivity index (χ4n) is 1.000. The van der Waals surface area contributed by atoms with Crippen molar-refractivity contribution in [3.63, 3.8) is 0 Å². The summed E-state index contributed by atoms with van der Waals surface area (Å²) in [5.74, 6) is -0.407. The molecular weight excluding hydrogens is 264 g/mol. The highest BCUT2D eigenvalue weighted by molar-refractivity contribution is 9.10. The molecule has 0 unspecified atom stereocenters. The Kier molecular flexibility index (Phi) is 4.11. The summed E-state index contributed by atoms with van der Waals surface area (Å²) in [7, 11) is 0. The van der Waals surface area contributed by atoms with E-state index in [2.05, 4.69) is 15.9 Å². The maximum absolute atomic E-state index is 11.2. The Morgan fingerprint density at radius 3 is 2.67 bits per heavy atom. The molecule has 0 atom stereocenters. The first kappa shape index (κ1) is 11.5. The number of halogens is 1. The predicted octanol–water partition coefficient (Wildman–Crippen LogP) is 1.29. The van der Waals surface area contributed by atoms with Crippen LogP contribution in [0.5, 0.6) is 0 Å². The van der Waals surface area contributed by atoms with Gasteiger partial charge >= 0.3 is 6.09 Å². The number of amides is 2. The number of hydrogen-bond donors (Lipinski definition) is 3. The van der Waals surface area contributed by atoms with Gasteiger partial charge in [-0.15, -0.1) is 0 Å². The van der Waals surface area contributed by atoms with Gasteiger partial charge in [-0.25, -0.2) is 10.2 Å². The fourth-order valence-corrected chi connectivity index (χ4v) is 1.45. The molecule has 5 nitrogen and oxygen atoms in total. The lowest BCUT2D eigenvalue weighted by Gasteiger charge is -2.04. The van der Waals surface area contributed by atoms with Crippen molar-refractivity contribution in [1.29, 1.82) is 0 Å². The first-order valence-corrected chi connectivity index (χ1v) is 4.89. The quantitative estimate of drug-likeness (QED) is 0.710. The molecule has 2 amide bonds. The molecule has 80 valence electrons. The zero-order chi connectivity index (χ0) is 11.3. The third-order valence-corrected chi connectivity index (χ3v) is 2.06. The maximum atomic E-state index is 11.2. The van der Waals surface area contributed by atoms with Crippen LogP contribution in [0.1, 0.15) is 5.56 Å². The lowest BCUT2D eigenvalue weighted by molar-refractivity contribution is -0.121. The van der Waals surface area contributed by atoms with Crippen LogP contribution >= 0.6 is 15.9 Å².